The van der Waals surface area contributed by atoms with Crippen molar-refractivity contribution in [3.8, 4) is 23.3 Å². The number of halogens is 5. The Bertz CT molecular complexity index is 1160. The number of aromatic hydroxyl groups is 1. The van der Waals surface area contributed by atoms with E-state index in [1.54, 1.807) is 6.07 Å². The molecule has 2 atom stereocenters. The molecule has 2 aliphatic carbocycles. The number of hydrogen-bond acceptors (Lipinski definition) is 4. The number of alkyl halides is 4. The van der Waals surface area contributed by atoms with Gasteiger partial charge < -0.3 is 14.9 Å². The summed E-state index contributed by atoms with van der Waals surface area (Å²) >= 11 is 0. The van der Waals surface area contributed by atoms with E-state index < -0.39 is 58.1 Å². The molecule has 2 aromatic carbocycles. The highest BCUT2D eigenvalue weighted by Gasteiger charge is 2.72. The molecule has 2 aliphatic rings. The van der Waals surface area contributed by atoms with Gasteiger partial charge in [-0.3, -0.25) is 0 Å². The number of hydrogen-bond donors (Lipinski definition) is 2. The molecule has 0 saturated carbocycles. The summed E-state index contributed by atoms with van der Waals surface area (Å²) in [6.45, 7) is 0. The zero-order valence-electron chi connectivity index (χ0n) is 16.1. The van der Waals surface area contributed by atoms with Crippen LogP contribution >= 0.6 is 0 Å². The van der Waals surface area contributed by atoms with Gasteiger partial charge in [0.05, 0.1) is 17.5 Å². The first-order valence-electron chi connectivity index (χ1n) is 9.02. The lowest BCUT2D eigenvalue weighted by molar-refractivity contribution is -0.217. The largest absolute Gasteiger partial charge is 0.502 e. The van der Waals surface area contributed by atoms with Gasteiger partial charge in [-0.05, 0) is 35.0 Å². The topological polar surface area (TPSA) is 73.5 Å². The van der Waals surface area contributed by atoms with Crippen molar-refractivity contribution in [1.29, 1.82) is 5.26 Å². The molecule has 0 saturated heterocycles. The monoisotopic (exact) mass is 419 g/mol. The van der Waals surface area contributed by atoms with Crippen LogP contribution in [-0.2, 0) is 11.4 Å². The van der Waals surface area contributed by atoms with Crippen LogP contribution in [0.2, 0.25) is 0 Å². The molecule has 2 N–H and O–H groups in total. The van der Waals surface area contributed by atoms with Gasteiger partial charge in [-0.1, -0.05) is 0 Å². The number of benzene rings is 2. The number of phenols is 1. The number of nitriles is 1. The van der Waals surface area contributed by atoms with Gasteiger partial charge in [0, 0.05) is 16.7 Å². The van der Waals surface area contributed by atoms with Gasteiger partial charge in [0.2, 0.25) is 0 Å². The highest BCUT2D eigenvalue weighted by molar-refractivity contribution is 6.42. The van der Waals surface area contributed by atoms with Gasteiger partial charge in [-0.2, -0.15) is 22.8 Å². The minimum Gasteiger partial charge on any atom is -0.502 e. The Labute approximate surface area is 170 Å². The number of phenolic OH excluding ortho intramolecular Hbond substituents is 1. The van der Waals surface area contributed by atoms with Crippen molar-refractivity contribution < 1.29 is 36.9 Å². The van der Waals surface area contributed by atoms with E-state index in [2.05, 4.69) is 0 Å². The fourth-order valence-corrected chi connectivity index (χ4v) is 4.55. The molecule has 4 rings (SSSR count). The molecular formula is C18H13B3F5NO3. The molecule has 12 heteroatoms. The molecule has 4 nitrogen and oxygen atoms in total. The standard InChI is InChI=1S/C18H13B3F5NO3/c19-11-5(4-27)12(20)15(14(28)13(11)22)30-8-2-1-6-9-7(3-16(21,29)10(8)9)18(25,26)17(6,23)24/h1-2,7,28-29H,3,19-21H2. The molecular weight excluding hydrogens is 406 g/mol. The number of ether oxygens (including phenoxy) is 1. The second-order valence-electron chi connectivity index (χ2n) is 7.96. The van der Waals surface area contributed by atoms with Gasteiger partial charge in [0.1, 0.15) is 29.3 Å². The fourth-order valence-electron chi connectivity index (χ4n) is 4.55. The van der Waals surface area contributed by atoms with E-state index in [4.69, 9.17) is 4.74 Å². The number of nitrogens with zero attached hydrogens (tertiary/aromatic N) is 1. The smallest absolute Gasteiger partial charge is 0.336 e. The van der Waals surface area contributed by atoms with Crippen LogP contribution in [0.5, 0.6) is 17.2 Å². The Morgan fingerprint density at radius 1 is 1.17 bits per heavy atom. The van der Waals surface area contributed by atoms with Crippen molar-refractivity contribution in [1.82, 2.24) is 0 Å². The summed E-state index contributed by atoms with van der Waals surface area (Å²) in [4.78, 5) is 0. The van der Waals surface area contributed by atoms with E-state index in [0.29, 0.717) is 0 Å². The van der Waals surface area contributed by atoms with Gasteiger partial charge in [-0.25, -0.2) is 4.39 Å². The second kappa shape index (κ2) is 5.94. The summed E-state index contributed by atoms with van der Waals surface area (Å²) in [5.74, 6) is -13.5. The highest BCUT2D eigenvalue weighted by atomic mass is 19.3. The lowest BCUT2D eigenvalue weighted by Gasteiger charge is -2.28. The van der Waals surface area contributed by atoms with Crippen LogP contribution in [-0.4, -0.2) is 39.7 Å². The Kier molecular flexibility index (Phi) is 4.08. The molecule has 152 valence electrons. The van der Waals surface area contributed by atoms with E-state index in [-0.39, 0.29) is 27.8 Å². The Morgan fingerprint density at radius 2 is 1.80 bits per heavy atom. The van der Waals surface area contributed by atoms with Crippen molar-refractivity contribution in [2.75, 3.05) is 0 Å². The second-order valence-corrected chi connectivity index (χ2v) is 7.96. The maximum absolute atomic E-state index is 14.4. The summed E-state index contributed by atoms with van der Waals surface area (Å²) in [5.41, 5.74) is -3.61. The first kappa shape index (κ1) is 20.6. The Morgan fingerprint density at radius 3 is 2.40 bits per heavy atom. The Balaban J connectivity index is 1.95. The number of rotatable bonds is 2. The lowest BCUT2D eigenvalue weighted by atomic mass is 9.74. The van der Waals surface area contributed by atoms with Crippen molar-refractivity contribution >= 4 is 34.5 Å². The third kappa shape index (κ3) is 2.32. The van der Waals surface area contributed by atoms with Gasteiger partial charge in [0.15, 0.2) is 17.3 Å². The van der Waals surface area contributed by atoms with Gasteiger partial charge in [-0.15, -0.1) is 0 Å². The predicted molar refractivity (Wildman–Crippen MR) is 104 cm³/mol. The molecule has 0 aliphatic heterocycles. The average Bonchev–Trinajstić information content (AvgIpc) is 3.03. The van der Waals surface area contributed by atoms with Crippen molar-refractivity contribution in [2.45, 2.75) is 29.7 Å². The van der Waals surface area contributed by atoms with Gasteiger partial charge >= 0.3 is 11.8 Å². The van der Waals surface area contributed by atoms with E-state index >= 15 is 0 Å². The van der Waals surface area contributed by atoms with Crippen LogP contribution in [0.3, 0.4) is 0 Å². The molecule has 2 unspecified atom stereocenters. The zero-order chi connectivity index (χ0) is 22.4. The van der Waals surface area contributed by atoms with Crippen LogP contribution in [0.1, 0.15) is 34.6 Å². The third-order valence-corrected chi connectivity index (χ3v) is 6.06. The summed E-state index contributed by atoms with van der Waals surface area (Å²) in [6.07, 6.45) is -0.658. The molecule has 2 aromatic rings. The van der Waals surface area contributed by atoms with Crippen LogP contribution in [0.4, 0.5) is 22.0 Å². The first-order chi connectivity index (χ1) is 13.8. The fraction of sp³-hybridized carbons (Fsp3) is 0.278. The molecule has 0 radical (unpaired) electrons. The lowest BCUT2D eigenvalue weighted by Crippen LogP contribution is -2.38. The zero-order valence-corrected chi connectivity index (χ0v) is 16.1. The van der Waals surface area contributed by atoms with Crippen LogP contribution in [0.25, 0.3) is 0 Å². The number of aliphatic hydroxyl groups is 1. The predicted octanol–water partition coefficient (Wildman–Crippen LogP) is -0.282. The quantitative estimate of drug-likeness (QED) is 0.520. The molecule has 0 spiro atoms. The summed E-state index contributed by atoms with van der Waals surface area (Å²) < 4.78 is 77.4. The summed E-state index contributed by atoms with van der Waals surface area (Å²) in [6, 6.07) is 3.55. The van der Waals surface area contributed by atoms with Crippen LogP contribution in [0.15, 0.2) is 12.1 Å². The van der Waals surface area contributed by atoms with Crippen molar-refractivity contribution in [3.05, 3.63) is 40.2 Å². The minimum atomic E-state index is -4.42. The molecule has 0 heterocycles. The third-order valence-electron chi connectivity index (χ3n) is 6.06. The SMILES string of the molecule is Bc1c(F)c(O)c(Oc2ccc3c4c2C(B)(O)CC4C(F)(F)C3(F)F)c(B)c1C#N. The first-order valence-corrected chi connectivity index (χ1v) is 9.02. The van der Waals surface area contributed by atoms with E-state index in [1.807, 2.05) is 0 Å². The molecule has 0 aromatic heterocycles. The van der Waals surface area contributed by atoms with Crippen molar-refractivity contribution in [2.24, 2.45) is 0 Å². The minimum absolute atomic E-state index is 0.0754. The maximum atomic E-state index is 14.4. The van der Waals surface area contributed by atoms with Crippen LogP contribution in [0, 0.1) is 17.1 Å². The van der Waals surface area contributed by atoms with E-state index in [1.165, 1.54) is 23.5 Å². The molecule has 30 heavy (non-hydrogen) atoms. The van der Waals surface area contributed by atoms with Crippen molar-refractivity contribution in [3.63, 3.8) is 0 Å². The van der Waals surface area contributed by atoms with E-state index in [9.17, 15) is 37.4 Å². The molecule has 0 bridgehead atoms. The summed E-state index contributed by atoms with van der Waals surface area (Å²) in [7, 11) is 3.88. The molecule has 0 fully saturated rings. The average molecular weight is 419 g/mol. The summed E-state index contributed by atoms with van der Waals surface area (Å²) in [5, 5.41) is 30.2. The maximum Gasteiger partial charge on any atom is 0.336 e. The van der Waals surface area contributed by atoms with Gasteiger partial charge in [0.25, 0.3) is 0 Å². The normalized spacial score (nSPS) is 25.0. The highest BCUT2D eigenvalue weighted by Crippen LogP contribution is 2.66. The molecule has 0 amide bonds. The van der Waals surface area contributed by atoms with E-state index in [0.717, 1.165) is 12.1 Å². The van der Waals surface area contributed by atoms with Crippen LogP contribution < -0.4 is 15.7 Å². The Hall–Kier alpha value is -2.67.